The molecule has 2 aromatic rings. The van der Waals surface area contributed by atoms with Gasteiger partial charge >= 0.3 is 0 Å². The van der Waals surface area contributed by atoms with Crippen molar-refractivity contribution in [3.05, 3.63) is 50.1 Å². The molecule has 2 rings (SSSR count). The van der Waals surface area contributed by atoms with Crippen molar-refractivity contribution in [2.75, 3.05) is 19.7 Å². The van der Waals surface area contributed by atoms with Gasteiger partial charge in [0.15, 0.2) is 0 Å². The molecule has 0 amide bonds. The van der Waals surface area contributed by atoms with E-state index >= 15 is 0 Å². The second-order valence-electron chi connectivity index (χ2n) is 4.58. The van der Waals surface area contributed by atoms with E-state index in [9.17, 15) is 5.11 Å². The second-order valence-corrected chi connectivity index (χ2v) is 7.30. The topological polar surface area (TPSA) is 41.5 Å². The molecule has 0 aliphatic rings. The normalized spacial score (nSPS) is 12.3. The SMILES string of the molecule is OC(CNCCc1ccc(Cl)s1)COc1cccc(Br)c1. The number of aliphatic hydroxyl groups excluding tert-OH is 1. The van der Waals surface area contributed by atoms with Crippen LogP contribution in [0.3, 0.4) is 0 Å². The van der Waals surface area contributed by atoms with E-state index in [0.29, 0.717) is 6.54 Å². The highest BCUT2D eigenvalue weighted by Gasteiger charge is 2.05. The largest absolute Gasteiger partial charge is 0.491 e. The van der Waals surface area contributed by atoms with Crippen molar-refractivity contribution in [1.29, 1.82) is 0 Å². The molecule has 1 unspecified atom stereocenters. The lowest BCUT2D eigenvalue weighted by atomic mass is 10.3. The Balaban J connectivity index is 1.60. The molecule has 0 saturated carbocycles. The van der Waals surface area contributed by atoms with Crippen LogP contribution in [-0.2, 0) is 6.42 Å². The van der Waals surface area contributed by atoms with Gasteiger partial charge in [-0.2, -0.15) is 0 Å². The van der Waals surface area contributed by atoms with Gasteiger partial charge in [0.1, 0.15) is 18.5 Å². The summed E-state index contributed by atoms with van der Waals surface area (Å²) < 4.78 is 7.30. The van der Waals surface area contributed by atoms with Crippen LogP contribution in [0.25, 0.3) is 0 Å². The molecule has 0 bridgehead atoms. The highest BCUT2D eigenvalue weighted by atomic mass is 79.9. The van der Waals surface area contributed by atoms with Crippen molar-refractivity contribution in [2.24, 2.45) is 0 Å². The lowest BCUT2D eigenvalue weighted by Crippen LogP contribution is -2.32. The lowest BCUT2D eigenvalue weighted by Gasteiger charge is -2.13. The summed E-state index contributed by atoms with van der Waals surface area (Å²) in [7, 11) is 0. The van der Waals surface area contributed by atoms with E-state index in [2.05, 4.69) is 21.2 Å². The van der Waals surface area contributed by atoms with Crippen molar-refractivity contribution in [1.82, 2.24) is 5.32 Å². The van der Waals surface area contributed by atoms with Gasteiger partial charge in [0.25, 0.3) is 0 Å². The molecule has 0 aliphatic heterocycles. The molecule has 0 spiro atoms. The molecule has 6 heteroatoms. The molecule has 0 fully saturated rings. The fraction of sp³-hybridized carbons (Fsp3) is 0.333. The first-order valence-electron chi connectivity index (χ1n) is 6.65. The van der Waals surface area contributed by atoms with Crippen LogP contribution in [0.5, 0.6) is 5.75 Å². The monoisotopic (exact) mass is 389 g/mol. The van der Waals surface area contributed by atoms with Gasteiger partial charge in [-0.3, -0.25) is 0 Å². The second kappa shape index (κ2) is 8.76. The van der Waals surface area contributed by atoms with Gasteiger partial charge < -0.3 is 15.2 Å². The highest BCUT2D eigenvalue weighted by Crippen LogP contribution is 2.21. The Morgan fingerprint density at radius 2 is 2.19 bits per heavy atom. The van der Waals surface area contributed by atoms with E-state index in [0.717, 1.165) is 27.5 Å². The molecular formula is C15H17BrClNO2S. The quantitative estimate of drug-likeness (QED) is 0.675. The van der Waals surface area contributed by atoms with Crippen LogP contribution in [0.2, 0.25) is 4.34 Å². The predicted octanol–water partition coefficient (Wildman–Crippen LogP) is 3.74. The molecular weight excluding hydrogens is 374 g/mol. The smallest absolute Gasteiger partial charge is 0.120 e. The first-order valence-corrected chi connectivity index (χ1v) is 8.63. The highest BCUT2D eigenvalue weighted by molar-refractivity contribution is 9.10. The molecule has 21 heavy (non-hydrogen) atoms. The number of ether oxygens (including phenoxy) is 1. The Hall–Kier alpha value is -0.590. The van der Waals surface area contributed by atoms with Crippen molar-refractivity contribution in [3.63, 3.8) is 0 Å². The van der Waals surface area contributed by atoms with E-state index in [-0.39, 0.29) is 6.61 Å². The van der Waals surface area contributed by atoms with Gasteiger partial charge in [-0.15, -0.1) is 11.3 Å². The minimum atomic E-state index is -0.532. The summed E-state index contributed by atoms with van der Waals surface area (Å²) in [6.45, 7) is 1.59. The van der Waals surface area contributed by atoms with Crippen LogP contribution in [0.15, 0.2) is 40.9 Å². The number of hydrogen-bond donors (Lipinski definition) is 2. The van der Waals surface area contributed by atoms with Gasteiger partial charge in [-0.25, -0.2) is 0 Å². The van der Waals surface area contributed by atoms with E-state index in [1.165, 1.54) is 4.88 Å². The molecule has 1 atom stereocenters. The van der Waals surface area contributed by atoms with E-state index in [1.54, 1.807) is 11.3 Å². The molecule has 1 aromatic heterocycles. The molecule has 1 heterocycles. The first-order chi connectivity index (χ1) is 10.1. The number of aliphatic hydroxyl groups is 1. The number of rotatable bonds is 8. The number of benzene rings is 1. The van der Waals surface area contributed by atoms with Crippen LogP contribution < -0.4 is 10.1 Å². The molecule has 1 aromatic carbocycles. The van der Waals surface area contributed by atoms with Crippen LogP contribution in [0.1, 0.15) is 4.88 Å². The Morgan fingerprint density at radius 1 is 1.33 bits per heavy atom. The van der Waals surface area contributed by atoms with Crippen LogP contribution in [-0.4, -0.2) is 30.9 Å². The average molecular weight is 391 g/mol. The third-order valence-corrected chi connectivity index (χ3v) is 4.58. The van der Waals surface area contributed by atoms with Gasteiger partial charge in [0.05, 0.1) is 4.34 Å². The average Bonchev–Trinajstić information content (AvgIpc) is 2.87. The Kier molecular flexibility index (Phi) is 6.99. The minimum Gasteiger partial charge on any atom is -0.491 e. The molecule has 114 valence electrons. The summed E-state index contributed by atoms with van der Waals surface area (Å²) in [5.41, 5.74) is 0. The maximum absolute atomic E-state index is 9.86. The summed E-state index contributed by atoms with van der Waals surface area (Å²) in [5, 5.41) is 13.1. The molecule has 0 aliphatic carbocycles. The summed E-state index contributed by atoms with van der Waals surface area (Å²) >= 11 is 10.8. The van der Waals surface area contributed by atoms with Gasteiger partial charge in [0.2, 0.25) is 0 Å². The summed E-state index contributed by atoms with van der Waals surface area (Å²) in [4.78, 5) is 1.24. The van der Waals surface area contributed by atoms with Crippen molar-refractivity contribution in [3.8, 4) is 5.75 Å². The summed E-state index contributed by atoms with van der Waals surface area (Å²) in [5.74, 6) is 0.747. The zero-order valence-corrected chi connectivity index (χ0v) is 14.5. The fourth-order valence-electron chi connectivity index (χ4n) is 1.77. The van der Waals surface area contributed by atoms with Crippen LogP contribution >= 0.6 is 38.9 Å². The maximum atomic E-state index is 9.86. The van der Waals surface area contributed by atoms with Gasteiger partial charge in [-0.1, -0.05) is 33.6 Å². The lowest BCUT2D eigenvalue weighted by molar-refractivity contribution is 0.106. The maximum Gasteiger partial charge on any atom is 0.120 e. The molecule has 0 radical (unpaired) electrons. The number of hydrogen-bond acceptors (Lipinski definition) is 4. The number of thiophene rings is 1. The van der Waals surface area contributed by atoms with Crippen molar-refractivity contribution >= 4 is 38.9 Å². The Bertz CT molecular complexity index is 564. The van der Waals surface area contributed by atoms with Crippen molar-refractivity contribution in [2.45, 2.75) is 12.5 Å². The summed E-state index contributed by atoms with van der Waals surface area (Å²) in [6, 6.07) is 11.5. The van der Waals surface area contributed by atoms with Crippen LogP contribution in [0.4, 0.5) is 0 Å². The zero-order valence-electron chi connectivity index (χ0n) is 11.4. The third kappa shape index (κ3) is 6.36. The molecule has 2 N–H and O–H groups in total. The van der Waals surface area contributed by atoms with E-state index < -0.39 is 6.10 Å². The number of nitrogens with one attached hydrogen (secondary N) is 1. The van der Waals surface area contributed by atoms with Crippen LogP contribution in [0, 0.1) is 0 Å². The standard InChI is InChI=1S/C15H17BrClNO2S/c16-11-2-1-3-13(8-11)20-10-12(19)9-18-7-6-14-4-5-15(17)21-14/h1-5,8,12,18-19H,6-7,9-10H2. The summed E-state index contributed by atoms with van der Waals surface area (Å²) in [6.07, 6.45) is 0.382. The fourth-order valence-corrected chi connectivity index (χ4v) is 3.24. The zero-order chi connectivity index (χ0) is 15.1. The van der Waals surface area contributed by atoms with Gasteiger partial charge in [0, 0.05) is 22.4 Å². The molecule has 0 saturated heterocycles. The van der Waals surface area contributed by atoms with E-state index in [4.69, 9.17) is 16.3 Å². The minimum absolute atomic E-state index is 0.272. The van der Waals surface area contributed by atoms with Gasteiger partial charge in [-0.05, 0) is 36.8 Å². The molecule has 3 nitrogen and oxygen atoms in total. The first kappa shape index (κ1) is 16.8. The van der Waals surface area contributed by atoms with Crippen molar-refractivity contribution < 1.29 is 9.84 Å². The Labute approximate surface area is 142 Å². The predicted molar refractivity (Wildman–Crippen MR) is 91.5 cm³/mol. The third-order valence-electron chi connectivity index (χ3n) is 2.80. The Morgan fingerprint density at radius 3 is 2.90 bits per heavy atom. The van der Waals surface area contributed by atoms with E-state index in [1.807, 2.05) is 36.4 Å². The number of halogens is 2.